The molecule has 20 heavy (non-hydrogen) atoms. The number of aryl methyl sites for hydroxylation is 1. The minimum atomic E-state index is -3.07. The molecule has 1 saturated heterocycles. The van der Waals surface area contributed by atoms with E-state index in [1.54, 1.807) is 10.5 Å². The van der Waals surface area contributed by atoms with Crippen molar-refractivity contribution in [2.45, 2.75) is 32.4 Å². The smallest absolute Gasteiger partial charge is 0.211 e. The third-order valence-electron chi connectivity index (χ3n) is 4.13. The molecular weight excluding hydrogens is 276 g/mol. The second kappa shape index (κ2) is 6.24. The Morgan fingerprint density at radius 2 is 2.25 bits per heavy atom. The SMILES string of the molecule is CC[C@@H]1CN(S(C)(=O)=O)CC[C@@H]1NCc1nccn1C. The number of hydrogen-bond donors (Lipinski definition) is 1. The Kier molecular flexibility index (Phi) is 4.82. The average molecular weight is 300 g/mol. The van der Waals surface area contributed by atoms with E-state index in [0.717, 1.165) is 25.2 Å². The Morgan fingerprint density at radius 3 is 2.80 bits per heavy atom. The van der Waals surface area contributed by atoms with Crippen LogP contribution in [-0.2, 0) is 23.6 Å². The third-order valence-corrected chi connectivity index (χ3v) is 5.40. The summed E-state index contributed by atoms with van der Waals surface area (Å²) < 4.78 is 26.9. The van der Waals surface area contributed by atoms with Crippen LogP contribution in [0.15, 0.2) is 12.4 Å². The molecular formula is C13H24N4O2S. The highest BCUT2D eigenvalue weighted by molar-refractivity contribution is 7.88. The molecule has 1 aliphatic rings. The number of piperidine rings is 1. The highest BCUT2D eigenvalue weighted by Crippen LogP contribution is 2.22. The highest BCUT2D eigenvalue weighted by atomic mass is 32.2. The first-order valence-corrected chi connectivity index (χ1v) is 8.91. The van der Waals surface area contributed by atoms with Crippen molar-refractivity contribution in [3.63, 3.8) is 0 Å². The maximum Gasteiger partial charge on any atom is 0.211 e. The first kappa shape index (κ1) is 15.5. The standard InChI is InChI=1S/C13H24N4O2S/c1-4-11-10-17(20(3,18)19)7-5-12(11)15-9-13-14-6-8-16(13)2/h6,8,11-12,15H,4-5,7,9-10H2,1-3H3/t11-,12+/m1/s1. The van der Waals surface area contributed by atoms with Gasteiger partial charge in [0, 0.05) is 38.6 Å². The van der Waals surface area contributed by atoms with E-state index in [1.165, 1.54) is 6.26 Å². The molecule has 0 radical (unpaired) electrons. The average Bonchev–Trinajstić information content (AvgIpc) is 2.80. The largest absolute Gasteiger partial charge is 0.337 e. The number of nitrogens with zero attached hydrogens (tertiary/aromatic N) is 3. The van der Waals surface area contributed by atoms with Crippen molar-refractivity contribution in [1.29, 1.82) is 0 Å². The Balaban J connectivity index is 1.94. The predicted octanol–water partition coefficient (Wildman–Crippen LogP) is 0.570. The van der Waals surface area contributed by atoms with Crippen LogP contribution in [0.5, 0.6) is 0 Å². The van der Waals surface area contributed by atoms with Gasteiger partial charge in [-0.15, -0.1) is 0 Å². The molecule has 0 aliphatic carbocycles. The van der Waals surface area contributed by atoms with E-state index in [9.17, 15) is 8.42 Å². The molecule has 0 bridgehead atoms. The van der Waals surface area contributed by atoms with E-state index >= 15 is 0 Å². The molecule has 0 spiro atoms. The van der Waals surface area contributed by atoms with Gasteiger partial charge >= 0.3 is 0 Å². The maximum absolute atomic E-state index is 11.6. The van der Waals surface area contributed by atoms with Crippen molar-refractivity contribution in [2.24, 2.45) is 13.0 Å². The first-order valence-electron chi connectivity index (χ1n) is 7.06. The molecule has 1 fully saturated rings. The fourth-order valence-corrected chi connectivity index (χ4v) is 3.67. The second-order valence-corrected chi connectivity index (χ2v) is 7.50. The summed E-state index contributed by atoms with van der Waals surface area (Å²) in [5, 5.41) is 3.53. The lowest BCUT2D eigenvalue weighted by atomic mass is 9.91. The van der Waals surface area contributed by atoms with Crippen LogP contribution < -0.4 is 5.32 Å². The summed E-state index contributed by atoms with van der Waals surface area (Å²) in [6.07, 6.45) is 6.85. The fraction of sp³-hybridized carbons (Fsp3) is 0.769. The van der Waals surface area contributed by atoms with E-state index in [-0.39, 0.29) is 0 Å². The van der Waals surface area contributed by atoms with Crippen molar-refractivity contribution in [1.82, 2.24) is 19.2 Å². The van der Waals surface area contributed by atoms with E-state index in [4.69, 9.17) is 0 Å². The summed E-state index contributed by atoms with van der Waals surface area (Å²) in [6.45, 7) is 4.07. The molecule has 0 amide bonds. The topological polar surface area (TPSA) is 67.2 Å². The lowest BCUT2D eigenvalue weighted by molar-refractivity contribution is 0.200. The summed E-state index contributed by atoms with van der Waals surface area (Å²) in [7, 11) is -1.09. The Hall–Kier alpha value is -0.920. The fourth-order valence-electron chi connectivity index (χ4n) is 2.77. The zero-order chi connectivity index (χ0) is 14.8. The Morgan fingerprint density at radius 1 is 1.50 bits per heavy atom. The zero-order valence-corrected chi connectivity index (χ0v) is 13.2. The number of rotatable bonds is 5. The molecule has 2 atom stereocenters. The summed E-state index contributed by atoms with van der Waals surface area (Å²) in [4.78, 5) is 4.30. The quantitative estimate of drug-likeness (QED) is 0.863. The van der Waals surface area contributed by atoms with Gasteiger partial charge in [0.1, 0.15) is 5.82 Å². The van der Waals surface area contributed by atoms with Gasteiger partial charge in [0.15, 0.2) is 0 Å². The van der Waals surface area contributed by atoms with Crippen molar-refractivity contribution in [2.75, 3.05) is 19.3 Å². The maximum atomic E-state index is 11.6. The molecule has 1 aliphatic heterocycles. The first-order chi connectivity index (χ1) is 9.41. The Bertz CT molecular complexity index is 540. The molecule has 0 saturated carbocycles. The van der Waals surface area contributed by atoms with Crippen molar-refractivity contribution >= 4 is 10.0 Å². The number of imidazole rings is 1. The van der Waals surface area contributed by atoms with Gasteiger partial charge in [0.2, 0.25) is 10.0 Å². The molecule has 114 valence electrons. The van der Waals surface area contributed by atoms with Crippen LogP contribution in [-0.4, -0.2) is 47.7 Å². The van der Waals surface area contributed by atoms with Crippen molar-refractivity contribution in [3.05, 3.63) is 18.2 Å². The molecule has 7 heteroatoms. The van der Waals surface area contributed by atoms with Gasteiger partial charge in [0.05, 0.1) is 12.8 Å². The summed E-state index contributed by atoms with van der Waals surface area (Å²) >= 11 is 0. The van der Waals surface area contributed by atoms with Gasteiger partial charge in [-0.3, -0.25) is 0 Å². The van der Waals surface area contributed by atoms with Crippen LogP contribution >= 0.6 is 0 Å². The summed E-state index contributed by atoms with van der Waals surface area (Å²) in [5.74, 6) is 1.36. The third kappa shape index (κ3) is 3.59. The van der Waals surface area contributed by atoms with E-state index in [2.05, 4.69) is 17.2 Å². The van der Waals surface area contributed by atoms with Gasteiger partial charge in [0.25, 0.3) is 0 Å². The lowest BCUT2D eigenvalue weighted by Crippen LogP contribution is -2.50. The number of nitrogens with one attached hydrogen (secondary N) is 1. The van der Waals surface area contributed by atoms with E-state index < -0.39 is 10.0 Å². The summed E-state index contributed by atoms with van der Waals surface area (Å²) in [6, 6.07) is 0.356. The van der Waals surface area contributed by atoms with Crippen LogP contribution in [0.1, 0.15) is 25.6 Å². The van der Waals surface area contributed by atoms with Gasteiger partial charge < -0.3 is 9.88 Å². The minimum Gasteiger partial charge on any atom is -0.337 e. The van der Waals surface area contributed by atoms with Crippen LogP contribution in [0.2, 0.25) is 0 Å². The van der Waals surface area contributed by atoms with Gasteiger partial charge in [-0.2, -0.15) is 0 Å². The molecule has 0 aromatic carbocycles. The van der Waals surface area contributed by atoms with Gasteiger partial charge in [-0.05, 0) is 12.3 Å². The van der Waals surface area contributed by atoms with Crippen LogP contribution in [0.25, 0.3) is 0 Å². The van der Waals surface area contributed by atoms with Crippen LogP contribution in [0.3, 0.4) is 0 Å². The van der Waals surface area contributed by atoms with E-state index in [1.807, 2.05) is 17.8 Å². The molecule has 2 rings (SSSR count). The number of hydrogen-bond acceptors (Lipinski definition) is 4. The van der Waals surface area contributed by atoms with Crippen LogP contribution in [0, 0.1) is 5.92 Å². The van der Waals surface area contributed by atoms with Crippen LogP contribution in [0.4, 0.5) is 0 Å². The molecule has 1 aromatic heterocycles. The molecule has 6 nitrogen and oxygen atoms in total. The van der Waals surface area contributed by atoms with E-state index in [0.29, 0.717) is 25.0 Å². The Labute approximate surface area is 121 Å². The molecule has 1 aromatic rings. The van der Waals surface area contributed by atoms with Crippen molar-refractivity contribution in [3.8, 4) is 0 Å². The normalized spacial score (nSPS) is 24.9. The minimum absolute atomic E-state index is 0.356. The molecule has 2 heterocycles. The molecule has 0 unspecified atom stereocenters. The predicted molar refractivity (Wildman–Crippen MR) is 78.7 cm³/mol. The van der Waals surface area contributed by atoms with Crippen molar-refractivity contribution < 1.29 is 8.42 Å². The number of sulfonamides is 1. The summed E-state index contributed by atoms with van der Waals surface area (Å²) in [5.41, 5.74) is 0. The number of aromatic nitrogens is 2. The second-order valence-electron chi connectivity index (χ2n) is 5.52. The molecule has 1 N–H and O–H groups in total. The van der Waals surface area contributed by atoms with Gasteiger partial charge in [-0.25, -0.2) is 17.7 Å². The highest BCUT2D eigenvalue weighted by Gasteiger charge is 2.31. The monoisotopic (exact) mass is 300 g/mol. The zero-order valence-electron chi connectivity index (χ0n) is 12.4. The lowest BCUT2D eigenvalue weighted by Gasteiger charge is -2.37. The van der Waals surface area contributed by atoms with Gasteiger partial charge in [-0.1, -0.05) is 13.3 Å².